The van der Waals surface area contributed by atoms with Gasteiger partial charge in [-0.3, -0.25) is 4.79 Å². The van der Waals surface area contributed by atoms with E-state index in [0.29, 0.717) is 13.0 Å². The lowest BCUT2D eigenvalue weighted by atomic mass is 10.1. The first-order valence-corrected chi connectivity index (χ1v) is 7.20. The second kappa shape index (κ2) is 6.74. The Kier molecular flexibility index (Phi) is 5.93. The van der Waals surface area contributed by atoms with Gasteiger partial charge in [-0.05, 0) is 76.2 Å². The standard InChI is InChI=1S/C11H13I2NO3/c1-2-17-11(16)9(14)5-6-3-7(12)10(15)8(13)4-6/h3-4,9,15H,2,5,14H2,1H3. The highest BCUT2D eigenvalue weighted by Crippen LogP contribution is 2.27. The van der Waals surface area contributed by atoms with Gasteiger partial charge in [0.15, 0.2) is 0 Å². The third-order valence-electron chi connectivity index (χ3n) is 2.12. The Morgan fingerprint density at radius 1 is 1.47 bits per heavy atom. The highest BCUT2D eigenvalue weighted by molar-refractivity contribution is 14.1. The van der Waals surface area contributed by atoms with E-state index in [2.05, 4.69) is 0 Å². The van der Waals surface area contributed by atoms with E-state index >= 15 is 0 Å². The summed E-state index contributed by atoms with van der Waals surface area (Å²) < 4.78 is 6.34. The fourth-order valence-electron chi connectivity index (χ4n) is 1.32. The predicted molar refractivity (Wildman–Crippen MR) is 81.9 cm³/mol. The number of rotatable bonds is 4. The molecule has 0 aliphatic rings. The molecule has 1 unspecified atom stereocenters. The zero-order valence-electron chi connectivity index (χ0n) is 9.24. The molecule has 6 heteroatoms. The summed E-state index contributed by atoms with van der Waals surface area (Å²) >= 11 is 4.09. The van der Waals surface area contributed by atoms with E-state index in [9.17, 15) is 9.90 Å². The Balaban J connectivity index is 2.78. The third kappa shape index (κ3) is 4.25. The lowest BCUT2D eigenvalue weighted by Gasteiger charge is -2.11. The average Bonchev–Trinajstić information content (AvgIpc) is 2.26. The van der Waals surface area contributed by atoms with Crippen molar-refractivity contribution in [3.63, 3.8) is 0 Å². The van der Waals surface area contributed by atoms with Gasteiger partial charge in [0, 0.05) is 0 Å². The van der Waals surface area contributed by atoms with Crippen LogP contribution in [0.1, 0.15) is 12.5 Å². The van der Waals surface area contributed by atoms with Gasteiger partial charge in [0.2, 0.25) is 0 Å². The van der Waals surface area contributed by atoms with E-state index < -0.39 is 12.0 Å². The number of phenols is 1. The maximum Gasteiger partial charge on any atom is 0.323 e. The Morgan fingerprint density at radius 2 is 2.00 bits per heavy atom. The molecule has 94 valence electrons. The second-order valence-electron chi connectivity index (χ2n) is 3.47. The third-order valence-corrected chi connectivity index (χ3v) is 3.77. The minimum Gasteiger partial charge on any atom is -0.506 e. The number of carbonyl (C=O) groups is 1. The quantitative estimate of drug-likeness (QED) is 0.532. The van der Waals surface area contributed by atoms with Crippen LogP contribution in [0.2, 0.25) is 0 Å². The van der Waals surface area contributed by atoms with Gasteiger partial charge in [-0.2, -0.15) is 0 Å². The molecule has 4 nitrogen and oxygen atoms in total. The monoisotopic (exact) mass is 461 g/mol. The number of ether oxygens (including phenoxy) is 1. The van der Waals surface area contributed by atoms with Crippen molar-refractivity contribution in [1.29, 1.82) is 0 Å². The number of phenolic OH excluding ortho intramolecular Hbond substituents is 1. The fraction of sp³-hybridized carbons (Fsp3) is 0.364. The van der Waals surface area contributed by atoms with Gasteiger partial charge < -0.3 is 15.6 Å². The smallest absolute Gasteiger partial charge is 0.323 e. The van der Waals surface area contributed by atoms with Crippen LogP contribution < -0.4 is 5.73 Å². The molecule has 0 aliphatic heterocycles. The van der Waals surface area contributed by atoms with Gasteiger partial charge in [-0.1, -0.05) is 0 Å². The zero-order valence-corrected chi connectivity index (χ0v) is 13.6. The molecule has 17 heavy (non-hydrogen) atoms. The number of hydrogen-bond acceptors (Lipinski definition) is 4. The molecule has 1 aromatic rings. The van der Waals surface area contributed by atoms with E-state index in [1.807, 2.05) is 57.3 Å². The van der Waals surface area contributed by atoms with Crippen molar-refractivity contribution in [2.75, 3.05) is 6.61 Å². The van der Waals surface area contributed by atoms with E-state index in [1.165, 1.54) is 0 Å². The van der Waals surface area contributed by atoms with Crippen LogP contribution in [0, 0.1) is 7.14 Å². The summed E-state index contributed by atoms with van der Waals surface area (Å²) in [6.45, 7) is 2.08. The lowest BCUT2D eigenvalue weighted by Crippen LogP contribution is -2.34. The molecule has 0 aromatic heterocycles. The fourth-order valence-corrected chi connectivity index (χ4v) is 3.22. The number of esters is 1. The molecule has 3 N–H and O–H groups in total. The summed E-state index contributed by atoms with van der Waals surface area (Å²) in [6.07, 6.45) is 0.408. The molecule has 0 amide bonds. The van der Waals surface area contributed by atoms with Gasteiger partial charge in [0.05, 0.1) is 13.7 Å². The van der Waals surface area contributed by atoms with Crippen molar-refractivity contribution >= 4 is 51.2 Å². The van der Waals surface area contributed by atoms with Crippen LogP contribution in [-0.2, 0) is 16.0 Å². The Bertz CT molecular complexity index is 400. The Morgan fingerprint density at radius 3 is 2.47 bits per heavy atom. The average molecular weight is 461 g/mol. The van der Waals surface area contributed by atoms with Gasteiger partial charge >= 0.3 is 5.97 Å². The van der Waals surface area contributed by atoms with Gasteiger partial charge in [-0.15, -0.1) is 0 Å². The van der Waals surface area contributed by atoms with Crippen molar-refractivity contribution in [2.24, 2.45) is 5.73 Å². The molecule has 1 atom stereocenters. The molecule has 0 fully saturated rings. The molecule has 0 aliphatic carbocycles. The second-order valence-corrected chi connectivity index (χ2v) is 5.80. The largest absolute Gasteiger partial charge is 0.506 e. The van der Waals surface area contributed by atoms with Crippen LogP contribution in [0.5, 0.6) is 5.75 Å². The summed E-state index contributed by atoms with van der Waals surface area (Å²) in [5.41, 5.74) is 6.65. The van der Waals surface area contributed by atoms with Gasteiger partial charge in [-0.25, -0.2) is 0 Å². The highest BCUT2D eigenvalue weighted by Gasteiger charge is 2.16. The van der Waals surface area contributed by atoms with Crippen molar-refractivity contribution in [3.8, 4) is 5.75 Å². The van der Waals surface area contributed by atoms with Gasteiger partial charge in [0.1, 0.15) is 11.8 Å². The van der Waals surface area contributed by atoms with Crippen molar-refractivity contribution < 1.29 is 14.6 Å². The normalized spacial score (nSPS) is 12.2. The van der Waals surface area contributed by atoms with E-state index in [1.54, 1.807) is 6.92 Å². The molecule has 0 saturated carbocycles. The number of benzene rings is 1. The maximum atomic E-state index is 11.4. The summed E-state index contributed by atoms with van der Waals surface area (Å²) in [7, 11) is 0. The van der Waals surface area contributed by atoms with E-state index in [4.69, 9.17) is 10.5 Å². The van der Waals surface area contributed by atoms with E-state index in [0.717, 1.165) is 12.7 Å². The number of aromatic hydroxyl groups is 1. The molecular weight excluding hydrogens is 448 g/mol. The van der Waals surface area contributed by atoms with Crippen molar-refractivity contribution in [3.05, 3.63) is 24.8 Å². The molecule has 1 aromatic carbocycles. The van der Waals surface area contributed by atoms with Crippen LogP contribution >= 0.6 is 45.2 Å². The zero-order chi connectivity index (χ0) is 13.0. The van der Waals surface area contributed by atoms with Gasteiger partial charge in [0.25, 0.3) is 0 Å². The first-order chi connectivity index (χ1) is 7.95. The predicted octanol–water partition coefficient (Wildman–Crippen LogP) is 2.03. The van der Waals surface area contributed by atoms with Crippen LogP contribution in [0.4, 0.5) is 0 Å². The number of carbonyl (C=O) groups excluding carboxylic acids is 1. The molecule has 0 heterocycles. The topological polar surface area (TPSA) is 72.5 Å². The highest BCUT2D eigenvalue weighted by atomic mass is 127. The first kappa shape index (κ1) is 15.0. The van der Waals surface area contributed by atoms with E-state index in [-0.39, 0.29) is 5.75 Å². The molecule has 1 rings (SSSR count). The van der Waals surface area contributed by atoms with Crippen molar-refractivity contribution in [1.82, 2.24) is 0 Å². The van der Waals surface area contributed by atoms with Crippen LogP contribution in [0.15, 0.2) is 12.1 Å². The SMILES string of the molecule is CCOC(=O)C(N)Cc1cc(I)c(O)c(I)c1. The number of nitrogens with two attached hydrogens (primary N) is 1. The number of halogens is 2. The first-order valence-electron chi connectivity index (χ1n) is 5.04. The lowest BCUT2D eigenvalue weighted by molar-refractivity contribution is -0.144. The van der Waals surface area contributed by atoms with Crippen LogP contribution in [-0.4, -0.2) is 23.7 Å². The van der Waals surface area contributed by atoms with Crippen LogP contribution in [0.25, 0.3) is 0 Å². The minimum absolute atomic E-state index is 0.264. The van der Waals surface area contributed by atoms with Crippen LogP contribution in [0.3, 0.4) is 0 Å². The maximum absolute atomic E-state index is 11.4. The molecular formula is C11H13I2NO3. The summed E-state index contributed by atoms with van der Waals surface area (Å²) in [6, 6.07) is 2.97. The molecule has 0 bridgehead atoms. The Hall–Kier alpha value is -0.0900. The summed E-state index contributed by atoms with van der Waals surface area (Å²) in [5, 5.41) is 9.62. The summed E-state index contributed by atoms with van der Waals surface area (Å²) in [4.78, 5) is 11.4. The summed E-state index contributed by atoms with van der Waals surface area (Å²) in [5.74, 6) is -0.134. The van der Waals surface area contributed by atoms with Crippen molar-refractivity contribution in [2.45, 2.75) is 19.4 Å². The minimum atomic E-state index is -0.661. The molecule has 0 spiro atoms. The molecule has 0 saturated heterocycles. The Labute approximate surface area is 127 Å². The number of hydrogen-bond donors (Lipinski definition) is 2. The molecule has 0 radical (unpaired) electrons.